The van der Waals surface area contributed by atoms with Crippen LogP contribution in [0.3, 0.4) is 0 Å². The van der Waals surface area contributed by atoms with E-state index in [2.05, 4.69) is 22.9 Å². The van der Waals surface area contributed by atoms with Crippen molar-refractivity contribution in [1.82, 2.24) is 0 Å². The van der Waals surface area contributed by atoms with Crippen LogP contribution in [0.4, 0.5) is 11.4 Å². The van der Waals surface area contributed by atoms with Crippen LogP contribution in [0.15, 0.2) is 36.9 Å². The van der Waals surface area contributed by atoms with Crippen molar-refractivity contribution in [3.05, 3.63) is 36.9 Å². The Morgan fingerprint density at radius 3 is 3.00 bits per heavy atom. The van der Waals surface area contributed by atoms with E-state index in [-0.39, 0.29) is 5.91 Å². The summed E-state index contributed by atoms with van der Waals surface area (Å²) in [4.78, 5) is 13.4. The Bertz CT molecular complexity index is 477. The fourth-order valence-corrected chi connectivity index (χ4v) is 1.70. The fourth-order valence-electron chi connectivity index (χ4n) is 1.70. The largest absolute Gasteiger partial charge is 0.367 e. The monoisotopic (exact) mass is 257 g/mol. The zero-order chi connectivity index (χ0) is 14.1. The van der Waals surface area contributed by atoms with E-state index in [0.717, 1.165) is 11.4 Å². The first kappa shape index (κ1) is 14.8. The van der Waals surface area contributed by atoms with Crippen LogP contribution in [0.5, 0.6) is 0 Å². The standard InChI is InChI=1S/C15H19N3O/c1-3-10-18(11-6-9-16)14-8-5-7-13(12-14)17-15(19)4-2/h3,5,7-8,12H,1,4,6,10-11H2,2H3,(H,17,19). The summed E-state index contributed by atoms with van der Waals surface area (Å²) < 4.78 is 0. The second-order valence-electron chi connectivity index (χ2n) is 4.09. The third kappa shape index (κ3) is 4.84. The van der Waals surface area contributed by atoms with Gasteiger partial charge in [0, 0.05) is 30.9 Å². The number of hydrogen-bond donors (Lipinski definition) is 1. The minimum atomic E-state index is -0.00977. The van der Waals surface area contributed by atoms with E-state index in [1.807, 2.05) is 31.2 Å². The Balaban J connectivity index is 2.84. The summed E-state index contributed by atoms with van der Waals surface area (Å²) >= 11 is 0. The fraction of sp³-hybridized carbons (Fsp3) is 0.333. The highest BCUT2D eigenvalue weighted by atomic mass is 16.1. The van der Waals surface area contributed by atoms with Crippen LogP contribution in [0.2, 0.25) is 0 Å². The third-order valence-electron chi connectivity index (χ3n) is 2.66. The summed E-state index contributed by atoms with van der Waals surface area (Å²) in [6, 6.07) is 9.76. The minimum absolute atomic E-state index is 0.00977. The number of nitrogens with one attached hydrogen (secondary N) is 1. The SMILES string of the molecule is C=CCN(CCC#N)c1cccc(NC(=O)CC)c1. The lowest BCUT2D eigenvalue weighted by Crippen LogP contribution is -2.24. The number of benzene rings is 1. The van der Waals surface area contributed by atoms with E-state index in [1.165, 1.54) is 0 Å². The highest BCUT2D eigenvalue weighted by molar-refractivity contribution is 5.91. The number of nitrogens with zero attached hydrogens (tertiary/aromatic N) is 2. The molecule has 0 heterocycles. The molecule has 1 aromatic carbocycles. The van der Waals surface area contributed by atoms with E-state index in [0.29, 0.717) is 25.9 Å². The highest BCUT2D eigenvalue weighted by Crippen LogP contribution is 2.20. The molecule has 100 valence electrons. The molecule has 1 amide bonds. The van der Waals surface area contributed by atoms with Crippen LogP contribution in [-0.4, -0.2) is 19.0 Å². The van der Waals surface area contributed by atoms with Crippen LogP contribution in [0.25, 0.3) is 0 Å². The quantitative estimate of drug-likeness (QED) is 0.764. The van der Waals surface area contributed by atoms with Crippen LogP contribution in [0.1, 0.15) is 19.8 Å². The lowest BCUT2D eigenvalue weighted by molar-refractivity contribution is -0.115. The van der Waals surface area contributed by atoms with Gasteiger partial charge in [-0.05, 0) is 18.2 Å². The van der Waals surface area contributed by atoms with Crippen molar-refractivity contribution in [1.29, 1.82) is 5.26 Å². The molecule has 0 saturated heterocycles. The molecule has 0 radical (unpaired) electrons. The van der Waals surface area contributed by atoms with Gasteiger partial charge in [0.2, 0.25) is 5.91 Å². The van der Waals surface area contributed by atoms with Crippen LogP contribution < -0.4 is 10.2 Å². The smallest absolute Gasteiger partial charge is 0.224 e. The second kappa shape index (κ2) is 7.93. The Kier molecular flexibility index (Phi) is 6.17. The zero-order valence-corrected chi connectivity index (χ0v) is 11.2. The van der Waals surface area contributed by atoms with Crippen molar-refractivity contribution in [2.24, 2.45) is 0 Å². The van der Waals surface area contributed by atoms with Gasteiger partial charge in [-0.3, -0.25) is 4.79 Å². The normalized spacial score (nSPS) is 9.47. The summed E-state index contributed by atoms with van der Waals surface area (Å²) in [5.74, 6) is -0.00977. The average Bonchev–Trinajstić information content (AvgIpc) is 2.43. The summed E-state index contributed by atoms with van der Waals surface area (Å²) in [6.07, 6.45) is 2.71. The Morgan fingerprint density at radius 1 is 1.58 bits per heavy atom. The highest BCUT2D eigenvalue weighted by Gasteiger charge is 2.06. The van der Waals surface area contributed by atoms with Gasteiger partial charge in [-0.1, -0.05) is 19.1 Å². The first-order chi connectivity index (χ1) is 9.21. The van der Waals surface area contributed by atoms with Crippen LogP contribution in [-0.2, 0) is 4.79 Å². The van der Waals surface area contributed by atoms with Crippen LogP contribution >= 0.6 is 0 Å². The molecule has 0 unspecified atom stereocenters. The molecule has 0 saturated carbocycles. The van der Waals surface area contributed by atoms with Crippen LogP contribution in [0, 0.1) is 11.3 Å². The van der Waals surface area contributed by atoms with E-state index in [1.54, 1.807) is 6.08 Å². The van der Waals surface area contributed by atoms with Crippen molar-refractivity contribution in [3.63, 3.8) is 0 Å². The molecule has 0 atom stereocenters. The van der Waals surface area contributed by atoms with E-state index in [9.17, 15) is 4.79 Å². The zero-order valence-electron chi connectivity index (χ0n) is 11.2. The topological polar surface area (TPSA) is 56.1 Å². The van der Waals surface area contributed by atoms with Gasteiger partial charge in [0.05, 0.1) is 12.5 Å². The molecule has 1 aromatic rings. The summed E-state index contributed by atoms with van der Waals surface area (Å²) in [6.45, 7) is 6.86. The van der Waals surface area contributed by atoms with Gasteiger partial charge in [0.25, 0.3) is 0 Å². The number of rotatable bonds is 7. The molecule has 1 rings (SSSR count). The maximum atomic E-state index is 11.4. The summed E-state index contributed by atoms with van der Waals surface area (Å²) in [5.41, 5.74) is 1.75. The number of carbonyl (C=O) groups excluding carboxylic acids is 1. The molecule has 4 heteroatoms. The lowest BCUT2D eigenvalue weighted by Gasteiger charge is -2.22. The molecular formula is C15H19N3O. The first-order valence-corrected chi connectivity index (χ1v) is 6.34. The Morgan fingerprint density at radius 2 is 2.37 bits per heavy atom. The predicted molar refractivity (Wildman–Crippen MR) is 78.0 cm³/mol. The maximum Gasteiger partial charge on any atom is 0.224 e. The molecule has 0 spiro atoms. The number of nitriles is 1. The number of hydrogen-bond acceptors (Lipinski definition) is 3. The van der Waals surface area contributed by atoms with Gasteiger partial charge in [-0.2, -0.15) is 5.26 Å². The molecule has 0 aliphatic heterocycles. The van der Waals surface area contributed by atoms with Crippen molar-refractivity contribution < 1.29 is 4.79 Å². The molecule has 0 aliphatic rings. The summed E-state index contributed by atoms with van der Waals surface area (Å²) in [7, 11) is 0. The minimum Gasteiger partial charge on any atom is -0.367 e. The summed E-state index contributed by atoms with van der Waals surface area (Å²) in [5, 5.41) is 11.5. The molecule has 19 heavy (non-hydrogen) atoms. The Labute approximate surface area is 114 Å². The van der Waals surface area contributed by atoms with Crippen molar-refractivity contribution in [2.75, 3.05) is 23.3 Å². The van der Waals surface area contributed by atoms with Gasteiger partial charge < -0.3 is 10.2 Å². The third-order valence-corrected chi connectivity index (χ3v) is 2.66. The van der Waals surface area contributed by atoms with Crippen molar-refractivity contribution >= 4 is 17.3 Å². The van der Waals surface area contributed by atoms with Gasteiger partial charge in [0.1, 0.15) is 0 Å². The predicted octanol–water partition coefficient (Wildman–Crippen LogP) is 2.94. The van der Waals surface area contributed by atoms with E-state index in [4.69, 9.17) is 5.26 Å². The first-order valence-electron chi connectivity index (χ1n) is 6.34. The molecule has 0 fully saturated rings. The van der Waals surface area contributed by atoms with E-state index >= 15 is 0 Å². The second-order valence-corrected chi connectivity index (χ2v) is 4.09. The molecule has 1 N–H and O–H groups in total. The van der Waals surface area contributed by atoms with Gasteiger partial charge in [0.15, 0.2) is 0 Å². The molecular weight excluding hydrogens is 238 g/mol. The Hall–Kier alpha value is -2.28. The van der Waals surface area contributed by atoms with Gasteiger partial charge >= 0.3 is 0 Å². The molecule has 0 aliphatic carbocycles. The molecule has 0 bridgehead atoms. The number of carbonyl (C=O) groups is 1. The van der Waals surface area contributed by atoms with Crippen molar-refractivity contribution in [3.8, 4) is 6.07 Å². The number of amides is 1. The van der Waals surface area contributed by atoms with Gasteiger partial charge in [-0.15, -0.1) is 6.58 Å². The molecule has 0 aromatic heterocycles. The van der Waals surface area contributed by atoms with E-state index < -0.39 is 0 Å². The average molecular weight is 257 g/mol. The molecule has 4 nitrogen and oxygen atoms in total. The number of anilines is 2. The van der Waals surface area contributed by atoms with Crippen molar-refractivity contribution in [2.45, 2.75) is 19.8 Å². The maximum absolute atomic E-state index is 11.4. The lowest BCUT2D eigenvalue weighted by atomic mass is 10.2. The van der Waals surface area contributed by atoms with Gasteiger partial charge in [-0.25, -0.2) is 0 Å².